The van der Waals surface area contributed by atoms with E-state index in [0.717, 1.165) is 20.8 Å². The fourth-order valence-electron chi connectivity index (χ4n) is 1.49. The molecule has 20 heavy (non-hydrogen) atoms. The van der Waals surface area contributed by atoms with Crippen LogP contribution in [0.25, 0.3) is 0 Å². The van der Waals surface area contributed by atoms with Gasteiger partial charge < -0.3 is 14.6 Å². The highest BCUT2D eigenvalue weighted by Crippen LogP contribution is 2.26. The zero-order valence-electron chi connectivity index (χ0n) is 11.1. The molecule has 0 aliphatic heterocycles. The first-order valence-electron chi connectivity index (χ1n) is 5.47. The largest absolute Gasteiger partial charge is 0.456 e. The molecule has 0 unspecified atom stereocenters. The summed E-state index contributed by atoms with van der Waals surface area (Å²) in [5.41, 5.74) is -2.24. The van der Waals surface area contributed by atoms with Crippen LogP contribution in [0.1, 0.15) is 20.8 Å². The van der Waals surface area contributed by atoms with Crippen LogP contribution in [0.5, 0.6) is 0 Å². The molecule has 0 saturated heterocycles. The molecule has 0 radical (unpaired) electrons. The van der Waals surface area contributed by atoms with Gasteiger partial charge in [0, 0.05) is 13.8 Å². The van der Waals surface area contributed by atoms with Gasteiger partial charge in [-0.3, -0.25) is 23.0 Å². The van der Waals surface area contributed by atoms with Crippen molar-refractivity contribution in [1.29, 1.82) is 0 Å². The van der Waals surface area contributed by atoms with Gasteiger partial charge in [-0.05, 0) is 6.92 Å². The Morgan fingerprint density at radius 2 is 1.70 bits per heavy atom. The number of aliphatic hydroxyl groups is 1. The fourth-order valence-corrected chi connectivity index (χ4v) is 1.98. The van der Waals surface area contributed by atoms with Crippen LogP contribution < -0.4 is 0 Å². The Bertz CT molecular complexity index is 396. The summed E-state index contributed by atoms with van der Waals surface area (Å²) in [5, 5.41) is 9.23. The summed E-state index contributed by atoms with van der Waals surface area (Å²) >= 11 is 2.52. The molecule has 0 saturated carbocycles. The van der Waals surface area contributed by atoms with E-state index in [1.165, 1.54) is 0 Å². The van der Waals surface area contributed by atoms with Crippen molar-refractivity contribution in [3.8, 4) is 0 Å². The summed E-state index contributed by atoms with van der Waals surface area (Å²) in [6.07, 6.45) is -2.98. The van der Waals surface area contributed by atoms with Gasteiger partial charge in [-0.2, -0.15) is 0 Å². The molecular weight excluding hydrogens is 340 g/mol. The number of hydrogen-bond acceptors (Lipinski definition) is 8. The summed E-state index contributed by atoms with van der Waals surface area (Å²) < 4.78 is 14.3. The number of Topliss-reactive ketones (excluding diaryl/α,β-unsaturated/α-hetero) is 1. The molecule has 0 aliphatic rings. The summed E-state index contributed by atoms with van der Waals surface area (Å²) in [5.74, 6) is -2.45. The van der Waals surface area contributed by atoms with Crippen molar-refractivity contribution < 1.29 is 37.6 Å². The number of aliphatic hydroxyl groups excluding tert-OH is 1. The lowest BCUT2D eigenvalue weighted by Crippen LogP contribution is -2.59. The van der Waals surface area contributed by atoms with Crippen LogP contribution in [-0.2, 0) is 32.5 Å². The Hall–Kier alpha value is -1.32. The van der Waals surface area contributed by atoms with E-state index >= 15 is 0 Å². The molecule has 0 spiro atoms. The standard InChI is InChI=1S/C11H15BrO8/c1-6(15)11(5-14,20-12)10(19-8(3)17)9(4-13)18-7(2)16/h5,9-10,13H,4H2,1-3H3/t9-,10-,11+/m0/s1. The molecule has 3 atom stereocenters. The molecule has 0 fully saturated rings. The van der Waals surface area contributed by atoms with E-state index in [2.05, 4.69) is 16.3 Å². The quantitative estimate of drug-likeness (QED) is 0.358. The second kappa shape index (κ2) is 8.08. The molecular formula is C11H15BrO8. The number of hydrogen-bond donors (Lipinski definition) is 1. The van der Waals surface area contributed by atoms with E-state index in [4.69, 9.17) is 13.3 Å². The normalized spacial score (nSPS) is 16.4. The smallest absolute Gasteiger partial charge is 0.303 e. The first-order chi connectivity index (χ1) is 9.24. The SMILES string of the molecule is CC(=O)O[C@@H](CO)[C@H](OC(C)=O)[C@](C=O)(OBr)C(C)=O. The number of carbonyl (C=O) groups is 4. The topological polar surface area (TPSA) is 116 Å². The molecule has 8 nitrogen and oxygen atoms in total. The number of aldehydes is 1. The molecule has 0 bridgehead atoms. The van der Waals surface area contributed by atoms with E-state index in [1.807, 2.05) is 0 Å². The molecule has 114 valence electrons. The minimum atomic E-state index is -2.24. The molecule has 0 amide bonds. The Labute approximate surface area is 123 Å². The number of ether oxygens (including phenoxy) is 2. The van der Waals surface area contributed by atoms with Crippen molar-refractivity contribution in [2.75, 3.05) is 6.61 Å². The van der Waals surface area contributed by atoms with Crippen LogP contribution in [0.3, 0.4) is 0 Å². The second-order valence-electron chi connectivity index (χ2n) is 3.90. The Morgan fingerprint density at radius 1 is 1.20 bits per heavy atom. The maximum atomic E-state index is 11.7. The lowest BCUT2D eigenvalue weighted by molar-refractivity contribution is -0.187. The van der Waals surface area contributed by atoms with Gasteiger partial charge in [-0.25, -0.2) is 0 Å². The molecule has 0 heterocycles. The predicted molar refractivity (Wildman–Crippen MR) is 67.7 cm³/mol. The van der Waals surface area contributed by atoms with Crippen molar-refractivity contribution >= 4 is 40.3 Å². The molecule has 0 aromatic carbocycles. The molecule has 0 aromatic rings. The summed E-state index contributed by atoms with van der Waals surface area (Å²) in [6.45, 7) is 2.32. The van der Waals surface area contributed by atoms with Gasteiger partial charge in [0.25, 0.3) is 0 Å². The fraction of sp³-hybridized carbons (Fsp3) is 0.636. The second-order valence-corrected chi connectivity index (χ2v) is 4.23. The predicted octanol–water partition coefficient (Wildman–Crippen LogP) is -0.305. The third-order valence-corrected chi connectivity index (χ3v) is 2.94. The van der Waals surface area contributed by atoms with Crippen molar-refractivity contribution in [1.82, 2.24) is 0 Å². The highest BCUT2D eigenvalue weighted by atomic mass is 79.9. The van der Waals surface area contributed by atoms with Gasteiger partial charge in [0.05, 0.1) is 6.61 Å². The molecule has 0 rings (SSSR count). The molecule has 1 N–H and O–H groups in total. The Morgan fingerprint density at radius 3 is 1.95 bits per heavy atom. The van der Waals surface area contributed by atoms with Crippen LogP contribution in [-0.4, -0.2) is 53.5 Å². The Kier molecular flexibility index (Phi) is 7.54. The van der Waals surface area contributed by atoms with Gasteiger partial charge in [0.15, 0.2) is 24.3 Å². The van der Waals surface area contributed by atoms with Crippen LogP contribution in [0.2, 0.25) is 0 Å². The van der Waals surface area contributed by atoms with Crippen molar-refractivity contribution in [3.05, 3.63) is 0 Å². The van der Waals surface area contributed by atoms with E-state index in [9.17, 15) is 24.3 Å². The Balaban J connectivity index is 5.70. The van der Waals surface area contributed by atoms with Gasteiger partial charge in [0.2, 0.25) is 5.60 Å². The highest BCUT2D eigenvalue weighted by molar-refractivity contribution is 9.06. The van der Waals surface area contributed by atoms with Crippen LogP contribution in [0.4, 0.5) is 0 Å². The van der Waals surface area contributed by atoms with Crippen LogP contribution >= 0.6 is 16.3 Å². The number of esters is 2. The number of ketones is 1. The van der Waals surface area contributed by atoms with Gasteiger partial charge in [0.1, 0.15) is 16.3 Å². The van der Waals surface area contributed by atoms with Crippen molar-refractivity contribution in [3.63, 3.8) is 0 Å². The van der Waals surface area contributed by atoms with Gasteiger partial charge in [-0.1, -0.05) is 0 Å². The zero-order valence-corrected chi connectivity index (χ0v) is 12.7. The zero-order chi connectivity index (χ0) is 15.9. The van der Waals surface area contributed by atoms with Crippen molar-refractivity contribution in [2.45, 2.75) is 38.6 Å². The first kappa shape index (κ1) is 18.7. The number of carbonyl (C=O) groups excluding carboxylic acids is 4. The third kappa shape index (κ3) is 4.36. The average molecular weight is 355 g/mol. The summed E-state index contributed by atoms with van der Waals surface area (Å²) in [7, 11) is 0. The van der Waals surface area contributed by atoms with E-state index < -0.39 is 42.1 Å². The maximum absolute atomic E-state index is 11.7. The summed E-state index contributed by atoms with van der Waals surface area (Å²) in [4.78, 5) is 45.0. The van der Waals surface area contributed by atoms with Crippen LogP contribution in [0, 0.1) is 0 Å². The minimum Gasteiger partial charge on any atom is -0.456 e. The van der Waals surface area contributed by atoms with E-state index in [0.29, 0.717) is 0 Å². The molecule has 9 heteroatoms. The van der Waals surface area contributed by atoms with Crippen LogP contribution in [0.15, 0.2) is 0 Å². The average Bonchev–Trinajstić information content (AvgIpc) is 2.35. The monoisotopic (exact) mass is 354 g/mol. The first-order valence-corrected chi connectivity index (χ1v) is 6.12. The van der Waals surface area contributed by atoms with Gasteiger partial charge in [-0.15, -0.1) is 0 Å². The molecule has 0 aromatic heterocycles. The highest BCUT2D eigenvalue weighted by Gasteiger charge is 2.52. The van der Waals surface area contributed by atoms with E-state index in [-0.39, 0.29) is 6.29 Å². The lowest BCUT2D eigenvalue weighted by atomic mass is 9.90. The maximum Gasteiger partial charge on any atom is 0.303 e. The van der Waals surface area contributed by atoms with Gasteiger partial charge >= 0.3 is 11.9 Å². The third-order valence-electron chi connectivity index (χ3n) is 2.40. The minimum absolute atomic E-state index is 0.101. The number of halogens is 1. The summed E-state index contributed by atoms with van der Waals surface area (Å²) in [6, 6.07) is 0. The van der Waals surface area contributed by atoms with Crippen molar-refractivity contribution in [2.24, 2.45) is 0 Å². The van der Waals surface area contributed by atoms with E-state index in [1.54, 1.807) is 0 Å². The lowest BCUT2D eigenvalue weighted by Gasteiger charge is -2.34. The molecule has 0 aliphatic carbocycles. The number of rotatable bonds is 8.